The van der Waals surface area contributed by atoms with Gasteiger partial charge in [0.15, 0.2) is 0 Å². The molecule has 1 saturated heterocycles. The highest BCUT2D eigenvalue weighted by Crippen LogP contribution is 2.23. The molecule has 0 saturated carbocycles. The number of halogens is 1. The third-order valence-corrected chi connectivity index (χ3v) is 3.98. The number of nitrogens with zero attached hydrogens (tertiary/aromatic N) is 2. The van der Waals surface area contributed by atoms with E-state index in [1.807, 2.05) is 18.7 Å². The van der Waals surface area contributed by atoms with E-state index in [0.29, 0.717) is 38.4 Å². The minimum absolute atomic E-state index is 0. The molecule has 0 radical (unpaired) electrons. The molecular weight excluding hydrogens is 278 g/mol. The average Bonchev–Trinajstić information content (AvgIpc) is 2.78. The summed E-state index contributed by atoms with van der Waals surface area (Å²) >= 11 is 0. The van der Waals surface area contributed by atoms with Crippen molar-refractivity contribution in [3.05, 3.63) is 0 Å². The molecule has 0 aromatic rings. The fourth-order valence-electron chi connectivity index (χ4n) is 2.75. The normalized spacial score (nSPS) is 21.5. The van der Waals surface area contributed by atoms with Crippen molar-refractivity contribution in [1.82, 2.24) is 9.80 Å². The smallest absolute Gasteiger partial charge is 0.223 e. The van der Waals surface area contributed by atoms with Crippen LogP contribution >= 0.6 is 12.4 Å². The number of carbonyl (C=O) groups excluding carboxylic acids is 2. The van der Waals surface area contributed by atoms with Crippen LogP contribution in [0.15, 0.2) is 0 Å². The summed E-state index contributed by atoms with van der Waals surface area (Å²) in [5.41, 5.74) is 5.66. The van der Waals surface area contributed by atoms with Gasteiger partial charge < -0.3 is 15.5 Å². The zero-order chi connectivity index (χ0) is 14.4. The molecule has 0 aromatic carbocycles. The Labute approximate surface area is 128 Å². The van der Waals surface area contributed by atoms with Gasteiger partial charge in [-0.1, -0.05) is 0 Å². The second-order valence-electron chi connectivity index (χ2n) is 5.30. The molecule has 1 heterocycles. The number of likely N-dealkylation sites (tertiary alicyclic amines) is 1. The van der Waals surface area contributed by atoms with E-state index in [-0.39, 0.29) is 30.3 Å². The standard InChI is InChI=1S/C14H27N3O2.ClH/c1-4-16(5-2)13(18)6-7-14(19)17-10-12(9-15)8-11(17)3;/h11-12H,4-10,15H2,1-3H3;1H. The van der Waals surface area contributed by atoms with Crippen LogP contribution in [0.4, 0.5) is 0 Å². The van der Waals surface area contributed by atoms with Gasteiger partial charge in [0.2, 0.25) is 11.8 Å². The average molecular weight is 306 g/mol. The van der Waals surface area contributed by atoms with Crippen LogP contribution in [0, 0.1) is 5.92 Å². The third kappa shape index (κ3) is 4.94. The molecule has 1 aliphatic rings. The van der Waals surface area contributed by atoms with Crippen LogP contribution in [0.3, 0.4) is 0 Å². The number of carbonyl (C=O) groups is 2. The molecule has 0 aromatic heterocycles. The fourth-order valence-corrected chi connectivity index (χ4v) is 2.75. The van der Waals surface area contributed by atoms with E-state index in [4.69, 9.17) is 5.73 Å². The van der Waals surface area contributed by atoms with Gasteiger partial charge in [0.25, 0.3) is 0 Å². The number of nitrogens with two attached hydrogens (primary N) is 1. The molecule has 0 aliphatic carbocycles. The first-order valence-corrected chi connectivity index (χ1v) is 7.30. The lowest BCUT2D eigenvalue weighted by atomic mass is 10.1. The summed E-state index contributed by atoms with van der Waals surface area (Å²) in [6.07, 6.45) is 1.61. The molecule has 2 atom stereocenters. The highest BCUT2D eigenvalue weighted by Gasteiger charge is 2.31. The first-order valence-electron chi connectivity index (χ1n) is 7.30. The molecule has 2 unspecified atom stereocenters. The largest absolute Gasteiger partial charge is 0.343 e. The monoisotopic (exact) mass is 305 g/mol. The quantitative estimate of drug-likeness (QED) is 0.803. The molecule has 1 aliphatic heterocycles. The van der Waals surface area contributed by atoms with Crippen LogP contribution in [0.2, 0.25) is 0 Å². The molecule has 0 bridgehead atoms. The van der Waals surface area contributed by atoms with E-state index in [1.54, 1.807) is 4.90 Å². The van der Waals surface area contributed by atoms with Crippen molar-refractivity contribution in [1.29, 1.82) is 0 Å². The van der Waals surface area contributed by atoms with Crippen molar-refractivity contribution in [2.24, 2.45) is 11.7 Å². The maximum absolute atomic E-state index is 12.1. The van der Waals surface area contributed by atoms with E-state index < -0.39 is 0 Å². The van der Waals surface area contributed by atoms with E-state index in [9.17, 15) is 9.59 Å². The van der Waals surface area contributed by atoms with Crippen LogP contribution in [-0.4, -0.2) is 53.8 Å². The van der Waals surface area contributed by atoms with E-state index >= 15 is 0 Å². The second-order valence-corrected chi connectivity index (χ2v) is 5.30. The molecule has 0 spiro atoms. The highest BCUT2D eigenvalue weighted by molar-refractivity contribution is 5.85. The molecular formula is C14H28ClN3O2. The minimum atomic E-state index is 0. The first kappa shape index (κ1) is 19.2. The van der Waals surface area contributed by atoms with Gasteiger partial charge in [-0.25, -0.2) is 0 Å². The number of amides is 2. The third-order valence-electron chi connectivity index (χ3n) is 3.98. The topological polar surface area (TPSA) is 66.6 Å². The Hall–Kier alpha value is -0.810. The summed E-state index contributed by atoms with van der Waals surface area (Å²) < 4.78 is 0. The Morgan fingerprint density at radius 3 is 2.30 bits per heavy atom. The molecule has 20 heavy (non-hydrogen) atoms. The van der Waals surface area contributed by atoms with Gasteiger partial charge >= 0.3 is 0 Å². The van der Waals surface area contributed by atoms with Gasteiger partial charge in [0.05, 0.1) is 0 Å². The van der Waals surface area contributed by atoms with Crippen molar-refractivity contribution in [2.75, 3.05) is 26.2 Å². The van der Waals surface area contributed by atoms with Crippen molar-refractivity contribution in [3.8, 4) is 0 Å². The number of hydrogen-bond donors (Lipinski definition) is 1. The lowest BCUT2D eigenvalue weighted by Gasteiger charge is -2.23. The minimum Gasteiger partial charge on any atom is -0.343 e. The van der Waals surface area contributed by atoms with Crippen molar-refractivity contribution in [3.63, 3.8) is 0 Å². The molecule has 118 valence electrons. The van der Waals surface area contributed by atoms with Crippen LogP contribution in [0.1, 0.15) is 40.0 Å². The first-order chi connectivity index (χ1) is 9.03. The van der Waals surface area contributed by atoms with Crippen molar-refractivity contribution < 1.29 is 9.59 Å². The van der Waals surface area contributed by atoms with Crippen LogP contribution in [-0.2, 0) is 9.59 Å². The van der Waals surface area contributed by atoms with Gasteiger partial charge in [-0.2, -0.15) is 0 Å². The lowest BCUT2D eigenvalue weighted by Crippen LogP contribution is -2.36. The summed E-state index contributed by atoms with van der Waals surface area (Å²) in [7, 11) is 0. The molecule has 1 rings (SSSR count). The van der Waals surface area contributed by atoms with Crippen LogP contribution < -0.4 is 5.73 Å². The SMILES string of the molecule is CCN(CC)C(=O)CCC(=O)N1CC(CN)CC1C.Cl. The summed E-state index contributed by atoms with van der Waals surface area (Å²) in [6, 6.07) is 0.254. The van der Waals surface area contributed by atoms with Gasteiger partial charge in [0, 0.05) is 38.5 Å². The number of rotatable bonds is 6. The van der Waals surface area contributed by atoms with E-state index in [2.05, 4.69) is 6.92 Å². The van der Waals surface area contributed by atoms with Crippen molar-refractivity contribution >= 4 is 24.2 Å². The Kier molecular flexibility index (Phi) is 8.81. The van der Waals surface area contributed by atoms with Crippen molar-refractivity contribution in [2.45, 2.75) is 46.1 Å². The van der Waals surface area contributed by atoms with Gasteiger partial charge in [-0.3, -0.25) is 9.59 Å². The van der Waals surface area contributed by atoms with E-state index in [1.165, 1.54) is 0 Å². The fraction of sp³-hybridized carbons (Fsp3) is 0.857. The molecule has 2 amide bonds. The highest BCUT2D eigenvalue weighted by atomic mass is 35.5. The Balaban J connectivity index is 0.00000361. The van der Waals surface area contributed by atoms with Crippen LogP contribution in [0.5, 0.6) is 0 Å². The maximum Gasteiger partial charge on any atom is 0.223 e. The number of hydrogen-bond acceptors (Lipinski definition) is 3. The molecule has 5 nitrogen and oxygen atoms in total. The zero-order valence-electron chi connectivity index (χ0n) is 12.8. The Bertz CT molecular complexity index is 322. The summed E-state index contributed by atoms with van der Waals surface area (Å²) in [4.78, 5) is 27.6. The summed E-state index contributed by atoms with van der Waals surface area (Å²) in [5, 5.41) is 0. The van der Waals surface area contributed by atoms with Gasteiger partial charge in [0.1, 0.15) is 0 Å². The predicted molar refractivity (Wildman–Crippen MR) is 82.7 cm³/mol. The molecule has 2 N–H and O–H groups in total. The van der Waals surface area contributed by atoms with Crippen LogP contribution in [0.25, 0.3) is 0 Å². The van der Waals surface area contributed by atoms with Gasteiger partial charge in [-0.05, 0) is 39.7 Å². The zero-order valence-corrected chi connectivity index (χ0v) is 13.6. The Morgan fingerprint density at radius 2 is 1.85 bits per heavy atom. The summed E-state index contributed by atoms with van der Waals surface area (Å²) in [5.74, 6) is 0.571. The lowest BCUT2D eigenvalue weighted by molar-refractivity contribution is -0.137. The second kappa shape index (κ2) is 9.19. The van der Waals surface area contributed by atoms with Gasteiger partial charge in [-0.15, -0.1) is 12.4 Å². The van der Waals surface area contributed by atoms with E-state index in [0.717, 1.165) is 13.0 Å². The molecule has 6 heteroatoms. The molecule has 1 fully saturated rings. The Morgan fingerprint density at radius 1 is 1.25 bits per heavy atom. The summed E-state index contributed by atoms with van der Waals surface area (Å²) in [6.45, 7) is 8.76. The maximum atomic E-state index is 12.1. The predicted octanol–water partition coefficient (Wildman–Crippen LogP) is 1.25.